The number of benzene rings is 2. The average Bonchev–Trinajstić information content (AvgIpc) is 3.18. The van der Waals surface area contributed by atoms with E-state index in [1.807, 2.05) is 31.2 Å². The highest BCUT2D eigenvalue weighted by Gasteiger charge is 2.32. The molecule has 1 fully saturated rings. The number of likely N-dealkylation sites (tertiary alicyclic amines) is 1. The van der Waals surface area contributed by atoms with Gasteiger partial charge in [-0.3, -0.25) is 4.79 Å². The lowest BCUT2D eigenvalue weighted by atomic mass is 9.98. The van der Waals surface area contributed by atoms with Gasteiger partial charge in [0.05, 0.1) is 0 Å². The summed E-state index contributed by atoms with van der Waals surface area (Å²) in [4.78, 5) is 37.8. The zero-order chi connectivity index (χ0) is 24.1. The number of ether oxygens (including phenoxy) is 1. The molecule has 0 bridgehead atoms. The Morgan fingerprint density at radius 3 is 2.35 bits per heavy atom. The van der Waals surface area contributed by atoms with Crippen LogP contribution in [0.25, 0.3) is 11.1 Å². The van der Waals surface area contributed by atoms with E-state index in [0.717, 1.165) is 12.8 Å². The fraction of sp³-hybridized carbons (Fsp3) is 0.444. The van der Waals surface area contributed by atoms with Crippen molar-refractivity contribution in [2.75, 3.05) is 19.7 Å². The van der Waals surface area contributed by atoms with Crippen LogP contribution in [0.15, 0.2) is 48.5 Å². The molecule has 0 radical (unpaired) electrons. The Labute approximate surface area is 200 Å². The van der Waals surface area contributed by atoms with E-state index in [-0.39, 0.29) is 30.8 Å². The third-order valence-corrected chi connectivity index (χ3v) is 6.90. The highest BCUT2D eigenvalue weighted by atomic mass is 16.5. The van der Waals surface area contributed by atoms with Gasteiger partial charge >= 0.3 is 12.1 Å². The molecule has 2 atom stereocenters. The molecule has 2 aliphatic rings. The maximum absolute atomic E-state index is 12.6. The van der Waals surface area contributed by atoms with Crippen LogP contribution in [-0.4, -0.2) is 53.7 Å². The summed E-state index contributed by atoms with van der Waals surface area (Å²) in [6.45, 7) is 3.12. The predicted octanol–water partition coefficient (Wildman–Crippen LogP) is 4.41. The van der Waals surface area contributed by atoms with Gasteiger partial charge in [0.15, 0.2) is 0 Å². The molecule has 4 rings (SSSR count). The normalized spacial score (nSPS) is 18.0. The fourth-order valence-electron chi connectivity index (χ4n) is 5.01. The number of rotatable bonds is 8. The maximum atomic E-state index is 12.6. The minimum absolute atomic E-state index is 0.0138. The average molecular weight is 465 g/mol. The number of carboxylic acid groups (broad SMARTS) is 1. The molecule has 7 nitrogen and oxygen atoms in total. The molecule has 0 aromatic heterocycles. The van der Waals surface area contributed by atoms with Crippen molar-refractivity contribution in [1.29, 1.82) is 0 Å². The monoisotopic (exact) mass is 464 g/mol. The molecule has 0 spiro atoms. The molecule has 2 N–H and O–H groups in total. The number of nitrogens with one attached hydrogen (secondary N) is 1. The van der Waals surface area contributed by atoms with Crippen LogP contribution in [0, 0.1) is 5.92 Å². The van der Waals surface area contributed by atoms with Crippen molar-refractivity contribution in [3.05, 3.63) is 59.7 Å². The van der Waals surface area contributed by atoms with Crippen LogP contribution >= 0.6 is 0 Å². The van der Waals surface area contributed by atoms with Crippen LogP contribution in [0.5, 0.6) is 0 Å². The van der Waals surface area contributed by atoms with Gasteiger partial charge in [-0.15, -0.1) is 0 Å². The first-order valence-electron chi connectivity index (χ1n) is 12.1. The van der Waals surface area contributed by atoms with E-state index < -0.39 is 18.1 Å². The second-order valence-corrected chi connectivity index (χ2v) is 9.29. The van der Waals surface area contributed by atoms with E-state index in [9.17, 15) is 19.5 Å². The number of hydrogen-bond acceptors (Lipinski definition) is 4. The van der Waals surface area contributed by atoms with Gasteiger partial charge in [0.2, 0.25) is 5.91 Å². The Morgan fingerprint density at radius 1 is 1.06 bits per heavy atom. The first-order valence-corrected chi connectivity index (χ1v) is 12.1. The lowest BCUT2D eigenvalue weighted by Gasteiger charge is -2.33. The van der Waals surface area contributed by atoms with Gasteiger partial charge < -0.3 is 20.1 Å². The standard InChI is InChI=1S/C27H32N2O5/c1-18(13-14-25(30)29-15-7-6-12-24(29)26(31)32)16-28-27(33)34-17-23-21-10-4-2-8-19(21)20-9-3-5-11-22(20)23/h2-5,8-11,18,23-24H,6-7,12-17H2,1H3,(H,28,33)(H,31,32)/t18?,24-/m1/s1. The SMILES string of the molecule is CC(CCC(=O)N1CCCC[C@@H]1C(=O)O)CNC(=O)OCC1c2ccccc2-c2ccccc21. The Kier molecular flexibility index (Phi) is 7.50. The van der Waals surface area contributed by atoms with Crippen molar-refractivity contribution in [2.45, 2.75) is 51.0 Å². The van der Waals surface area contributed by atoms with Gasteiger partial charge in [-0.1, -0.05) is 55.5 Å². The summed E-state index contributed by atoms with van der Waals surface area (Å²) >= 11 is 0. The van der Waals surface area contributed by atoms with Gasteiger partial charge in [-0.05, 0) is 53.9 Å². The zero-order valence-electron chi connectivity index (χ0n) is 19.5. The summed E-state index contributed by atoms with van der Waals surface area (Å²) in [6, 6.07) is 15.7. The summed E-state index contributed by atoms with van der Waals surface area (Å²) in [5.74, 6) is -0.976. The van der Waals surface area contributed by atoms with Gasteiger partial charge in [0.1, 0.15) is 12.6 Å². The molecule has 2 aromatic carbocycles. The number of piperidine rings is 1. The molecular formula is C27H32N2O5. The number of carbonyl (C=O) groups is 3. The quantitative estimate of drug-likeness (QED) is 0.603. The van der Waals surface area contributed by atoms with Crippen LogP contribution in [0.3, 0.4) is 0 Å². The van der Waals surface area contributed by atoms with Crippen molar-refractivity contribution in [3.63, 3.8) is 0 Å². The molecule has 1 heterocycles. The number of amides is 2. The fourth-order valence-corrected chi connectivity index (χ4v) is 5.01. The molecular weight excluding hydrogens is 432 g/mol. The molecule has 1 unspecified atom stereocenters. The van der Waals surface area contributed by atoms with Crippen LogP contribution in [-0.2, 0) is 14.3 Å². The lowest BCUT2D eigenvalue weighted by Crippen LogP contribution is -2.48. The molecule has 1 saturated heterocycles. The minimum Gasteiger partial charge on any atom is -0.480 e. The van der Waals surface area contributed by atoms with E-state index in [4.69, 9.17) is 4.74 Å². The molecule has 7 heteroatoms. The second-order valence-electron chi connectivity index (χ2n) is 9.29. The number of alkyl carbamates (subject to hydrolysis) is 1. The van der Waals surface area contributed by atoms with Crippen LogP contribution in [0.1, 0.15) is 56.1 Å². The van der Waals surface area contributed by atoms with E-state index in [2.05, 4.69) is 29.6 Å². The first-order chi connectivity index (χ1) is 16.5. The summed E-state index contributed by atoms with van der Waals surface area (Å²) in [5, 5.41) is 12.2. The Morgan fingerprint density at radius 2 is 1.71 bits per heavy atom. The molecule has 34 heavy (non-hydrogen) atoms. The smallest absolute Gasteiger partial charge is 0.407 e. The summed E-state index contributed by atoms with van der Waals surface area (Å²) in [6.07, 6.45) is 2.57. The Bertz CT molecular complexity index is 1010. The number of aliphatic carboxylic acids is 1. The van der Waals surface area contributed by atoms with Crippen molar-refractivity contribution in [1.82, 2.24) is 10.2 Å². The summed E-state index contributed by atoms with van der Waals surface area (Å²) < 4.78 is 5.56. The highest BCUT2D eigenvalue weighted by Crippen LogP contribution is 2.44. The number of carbonyl (C=O) groups excluding carboxylic acids is 2. The van der Waals surface area contributed by atoms with E-state index in [1.54, 1.807) is 0 Å². The maximum Gasteiger partial charge on any atom is 0.407 e. The Balaban J connectivity index is 1.22. The molecule has 2 amide bonds. The van der Waals surface area contributed by atoms with E-state index >= 15 is 0 Å². The van der Waals surface area contributed by atoms with E-state index in [1.165, 1.54) is 27.2 Å². The third kappa shape index (κ3) is 5.24. The summed E-state index contributed by atoms with van der Waals surface area (Å²) in [5.41, 5.74) is 4.70. The van der Waals surface area contributed by atoms with Crippen LogP contribution < -0.4 is 5.32 Å². The van der Waals surface area contributed by atoms with Crippen molar-refractivity contribution in [3.8, 4) is 11.1 Å². The van der Waals surface area contributed by atoms with Crippen molar-refractivity contribution < 1.29 is 24.2 Å². The predicted molar refractivity (Wildman–Crippen MR) is 128 cm³/mol. The summed E-state index contributed by atoms with van der Waals surface area (Å²) in [7, 11) is 0. The van der Waals surface area contributed by atoms with Crippen LogP contribution in [0.4, 0.5) is 4.79 Å². The largest absolute Gasteiger partial charge is 0.480 e. The second kappa shape index (κ2) is 10.7. The van der Waals surface area contributed by atoms with Gasteiger partial charge in [0, 0.05) is 25.4 Å². The molecule has 1 aliphatic heterocycles. The third-order valence-electron chi connectivity index (χ3n) is 6.90. The number of hydrogen-bond donors (Lipinski definition) is 2. The molecule has 2 aromatic rings. The Hall–Kier alpha value is -3.35. The van der Waals surface area contributed by atoms with Crippen molar-refractivity contribution in [2.24, 2.45) is 5.92 Å². The van der Waals surface area contributed by atoms with Gasteiger partial charge in [0.25, 0.3) is 0 Å². The number of nitrogens with zero attached hydrogens (tertiary/aromatic N) is 1. The minimum atomic E-state index is -0.932. The van der Waals surface area contributed by atoms with Gasteiger partial charge in [-0.2, -0.15) is 0 Å². The molecule has 0 saturated carbocycles. The molecule has 1 aliphatic carbocycles. The topological polar surface area (TPSA) is 95.9 Å². The number of carboxylic acids is 1. The first kappa shape index (κ1) is 23.8. The highest BCUT2D eigenvalue weighted by molar-refractivity contribution is 5.84. The molecule has 180 valence electrons. The lowest BCUT2D eigenvalue weighted by molar-refractivity contribution is -0.152. The number of fused-ring (bicyclic) bond motifs is 3. The van der Waals surface area contributed by atoms with Gasteiger partial charge in [-0.25, -0.2) is 9.59 Å². The van der Waals surface area contributed by atoms with Crippen molar-refractivity contribution >= 4 is 18.0 Å². The van der Waals surface area contributed by atoms with E-state index in [0.29, 0.717) is 25.9 Å². The van der Waals surface area contributed by atoms with Crippen LogP contribution in [0.2, 0.25) is 0 Å². The zero-order valence-corrected chi connectivity index (χ0v) is 19.5.